The third kappa shape index (κ3) is 4.14. The Balaban J connectivity index is 1.27. The molecule has 1 amide bonds. The predicted molar refractivity (Wildman–Crippen MR) is 130 cm³/mol. The first-order valence-electron chi connectivity index (χ1n) is 12.0. The monoisotopic (exact) mass is 480 g/mol. The number of aromatic nitrogens is 5. The molecule has 178 valence electrons. The number of hydrogen-bond acceptors (Lipinski definition) is 9. The van der Waals surface area contributed by atoms with Gasteiger partial charge in [-0.25, -0.2) is 9.97 Å². The minimum absolute atomic E-state index is 0.0976. The van der Waals surface area contributed by atoms with Gasteiger partial charge in [-0.05, 0) is 25.7 Å². The van der Waals surface area contributed by atoms with Crippen LogP contribution in [0.2, 0.25) is 0 Å². The number of carbonyl (C=O) groups is 1. The van der Waals surface area contributed by atoms with Gasteiger partial charge in [0.05, 0.1) is 11.8 Å². The summed E-state index contributed by atoms with van der Waals surface area (Å²) in [5, 5.41) is 26.7. The number of thiazole rings is 1. The van der Waals surface area contributed by atoms with Crippen molar-refractivity contribution in [2.45, 2.75) is 69.4 Å². The fourth-order valence-electron chi connectivity index (χ4n) is 5.38. The molecule has 1 aliphatic heterocycles. The molecule has 10 nitrogen and oxygen atoms in total. The highest BCUT2D eigenvalue weighted by atomic mass is 32.1. The lowest BCUT2D eigenvalue weighted by Gasteiger charge is -2.24. The van der Waals surface area contributed by atoms with Gasteiger partial charge in [-0.15, -0.1) is 11.3 Å². The van der Waals surface area contributed by atoms with Crippen molar-refractivity contribution in [2.75, 3.05) is 22.1 Å². The Hall–Kier alpha value is -3.05. The zero-order chi connectivity index (χ0) is 23.1. The quantitative estimate of drug-likeness (QED) is 0.423. The number of anilines is 4. The molecule has 4 heterocycles. The highest BCUT2D eigenvalue weighted by Crippen LogP contribution is 2.36. The Bertz CT molecular complexity index is 1170. The highest BCUT2D eigenvalue weighted by molar-refractivity contribution is 7.13. The molecule has 6 rings (SSSR count). The zero-order valence-electron chi connectivity index (χ0n) is 18.8. The number of nitrogens with one attached hydrogen (secondary N) is 3. The smallest absolute Gasteiger partial charge is 0.248 e. The van der Waals surface area contributed by atoms with Crippen LogP contribution in [-0.2, 0) is 17.6 Å². The van der Waals surface area contributed by atoms with Crippen LogP contribution in [0.25, 0.3) is 0 Å². The third-order valence-corrected chi connectivity index (χ3v) is 7.75. The van der Waals surface area contributed by atoms with Crippen LogP contribution < -0.4 is 15.5 Å². The number of hydrogen-bond donors (Lipinski definition) is 4. The maximum atomic E-state index is 13.0. The molecule has 0 aromatic carbocycles. The third-order valence-electron chi connectivity index (χ3n) is 7.06. The first-order chi connectivity index (χ1) is 16.6. The molecule has 2 fully saturated rings. The van der Waals surface area contributed by atoms with Crippen molar-refractivity contribution in [1.82, 2.24) is 25.1 Å². The van der Waals surface area contributed by atoms with Gasteiger partial charge in [-0.1, -0.05) is 12.8 Å². The maximum absolute atomic E-state index is 13.0. The lowest BCUT2D eigenvalue weighted by Crippen LogP contribution is -2.40. The number of amides is 1. The van der Waals surface area contributed by atoms with Crippen LogP contribution in [0, 0.1) is 0 Å². The summed E-state index contributed by atoms with van der Waals surface area (Å²) < 4.78 is 0. The molecular formula is C23H28N8O2S. The second-order valence-corrected chi connectivity index (χ2v) is 10.2. The van der Waals surface area contributed by atoms with Crippen LogP contribution >= 0.6 is 11.3 Å². The normalized spacial score (nSPS) is 22.3. The van der Waals surface area contributed by atoms with E-state index in [0.29, 0.717) is 42.2 Å². The van der Waals surface area contributed by atoms with Gasteiger partial charge in [0.15, 0.2) is 10.9 Å². The number of H-pyrrole nitrogens is 1. The molecule has 3 aromatic rings. The summed E-state index contributed by atoms with van der Waals surface area (Å²) in [7, 11) is 0. The van der Waals surface area contributed by atoms with E-state index in [4.69, 9.17) is 9.97 Å². The Kier molecular flexibility index (Phi) is 5.66. The van der Waals surface area contributed by atoms with Gasteiger partial charge >= 0.3 is 0 Å². The van der Waals surface area contributed by atoms with Gasteiger partial charge in [0.2, 0.25) is 11.9 Å². The summed E-state index contributed by atoms with van der Waals surface area (Å²) in [6, 6.07) is 1.70. The second-order valence-electron chi connectivity index (χ2n) is 9.35. The van der Waals surface area contributed by atoms with E-state index in [9.17, 15) is 9.90 Å². The van der Waals surface area contributed by atoms with E-state index in [2.05, 4.69) is 31.9 Å². The van der Waals surface area contributed by atoms with E-state index in [1.165, 1.54) is 37.0 Å². The molecule has 2 aliphatic carbocycles. The van der Waals surface area contributed by atoms with Crippen LogP contribution in [0.15, 0.2) is 17.6 Å². The molecular weight excluding hydrogens is 452 g/mol. The van der Waals surface area contributed by atoms with Crippen LogP contribution in [-0.4, -0.2) is 54.9 Å². The number of fused-ring (bicyclic) bond motifs is 1. The van der Waals surface area contributed by atoms with E-state index in [1.807, 2.05) is 10.3 Å². The fourth-order valence-corrected chi connectivity index (χ4v) is 5.92. The summed E-state index contributed by atoms with van der Waals surface area (Å²) in [4.78, 5) is 28.7. The minimum atomic E-state index is -0.476. The predicted octanol–water partition coefficient (Wildman–Crippen LogP) is 3.12. The molecule has 0 bridgehead atoms. The average molecular weight is 481 g/mol. The van der Waals surface area contributed by atoms with E-state index in [-0.39, 0.29) is 11.9 Å². The molecule has 0 unspecified atom stereocenters. The van der Waals surface area contributed by atoms with Gasteiger partial charge in [0, 0.05) is 54.2 Å². The van der Waals surface area contributed by atoms with E-state index < -0.39 is 6.10 Å². The van der Waals surface area contributed by atoms with Crippen LogP contribution in [0.4, 0.5) is 22.7 Å². The largest absolute Gasteiger partial charge is 0.392 e. The van der Waals surface area contributed by atoms with Gasteiger partial charge < -0.3 is 20.6 Å². The van der Waals surface area contributed by atoms with Gasteiger partial charge in [-0.3, -0.25) is 9.89 Å². The Morgan fingerprint density at radius 2 is 2.06 bits per heavy atom. The van der Waals surface area contributed by atoms with Gasteiger partial charge in [0.25, 0.3) is 0 Å². The number of rotatable bonds is 6. The first-order valence-corrected chi connectivity index (χ1v) is 12.9. The Labute approximate surface area is 201 Å². The summed E-state index contributed by atoms with van der Waals surface area (Å²) >= 11 is 1.40. The second kappa shape index (κ2) is 8.95. The van der Waals surface area contributed by atoms with Crippen LogP contribution in [0.1, 0.15) is 61.4 Å². The van der Waals surface area contributed by atoms with Crippen molar-refractivity contribution in [1.29, 1.82) is 0 Å². The van der Waals surface area contributed by atoms with Crippen molar-refractivity contribution in [3.05, 3.63) is 34.6 Å². The van der Waals surface area contributed by atoms with Crippen LogP contribution in [0.5, 0.6) is 0 Å². The van der Waals surface area contributed by atoms with E-state index >= 15 is 0 Å². The zero-order valence-corrected chi connectivity index (χ0v) is 19.6. The van der Waals surface area contributed by atoms with Gasteiger partial charge in [0.1, 0.15) is 11.9 Å². The Morgan fingerprint density at radius 1 is 1.18 bits per heavy atom. The fraction of sp³-hybridized carbons (Fsp3) is 0.522. The standard InChI is InChI=1S/C23H28N8O2S/c32-14-10-15-17(11-14)25-22(31-8-3-6-18(31)21(33)28-23-24-7-9-34-23)27-20(15)26-19-12-16(29-30-19)13-4-1-2-5-13/h7,9,12-14,18,32H,1-6,8,10-11H2,(H,24,28,33)(H2,25,26,27,29,30)/t14-,18-/m0/s1. The lowest BCUT2D eigenvalue weighted by atomic mass is 10.0. The minimum Gasteiger partial charge on any atom is -0.392 e. The topological polar surface area (TPSA) is 132 Å². The number of aliphatic hydroxyl groups is 1. The first kappa shape index (κ1) is 21.5. The van der Waals surface area contributed by atoms with Crippen molar-refractivity contribution < 1.29 is 9.90 Å². The van der Waals surface area contributed by atoms with E-state index in [1.54, 1.807) is 6.20 Å². The molecule has 0 radical (unpaired) electrons. The van der Waals surface area contributed by atoms with E-state index in [0.717, 1.165) is 35.6 Å². The molecule has 0 spiro atoms. The molecule has 1 saturated heterocycles. The summed E-state index contributed by atoms with van der Waals surface area (Å²) in [5.74, 6) is 2.33. The lowest BCUT2D eigenvalue weighted by molar-refractivity contribution is -0.117. The number of nitrogens with zero attached hydrogens (tertiary/aromatic N) is 5. The molecule has 3 aromatic heterocycles. The Morgan fingerprint density at radius 3 is 2.88 bits per heavy atom. The van der Waals surface area contributed by atoms with Crippen molar-refractivity contribution in [3.63, 3.8) is 0 Å². The number of aliphatic hydroxyl groups excluding tert-OH is 1. The number of carbonyl (C=O) groups excluding carboxylic acids is 1. The molecule has 3 aliphatic rings. The maximum Gasteiger partial charge on any atom is 0.248 e. The van der Waals surface area contributed by atoms with Crippen molar-refractivity contribution in [3.8, 4) is 0 Å². The molecule has 11 heteroatoms. The summed E-state index contributed by atoms with van der Waals surface area (Å²) in [6.45, 7) is 0.699. The molecule has 34 heavy (non-hydrogen) atoms. The van der Waals surface area contributed by atoms with Crippen LogP contribution in [0.3, 0.4) is 0 Å². The highest BCUT2D eigenvalue weighted by Gasteiger charge is 2.35. The summed E-state index contributed by atoms with van der Waals surface area (Å²) in [6.07, 6.45) is 8.71. The van der Waals surface area contributed by atoms with Crippen molar-refractivity contribution >= 4 is 40.0 Å². The SMILES string of the molecule is O=C(Nc1nccs1)[C@@H]1CCCN1c1nc2c(c(Nc3cc(C4CCCC4)[nH]n3)n1)C[C@H](O)C2. The van der Waals surface area contributed by atoms with Crippen molar-refractivity contribution in [2.24, 2.45) is 0 Å². The van der Waals surface area contributed by atoms with Gasteiger partial charge in [-0.2, -0.15) is 10.1 Å². The number of aromatic amines is 1. The average Bonchev–Trinajstić information content (AvgIpc) is 3.64. The molecule has 1 saturated carbocycles. The summed E-state index contributed by atoms with van der Waals surface area (Å²) in [5.41, 5.74) is 2.91. The molecule has 4 N–H and O–H groups in total. The molecule has 2 atom stereocenters.